The number of nitrogens with two attached hydrogens (primary N) is 1. The Morgan fingerprint density at radius 2 is 2.21 bits per heavy atom. The Morgan fingerprint density at radius 1 is 1.39 bits per heavy atom. The molecule has 1 aromatic heterocycles. The van der Waals surface area contributed by atoms with Crippen molar-refractivity contribution in [2.24, 2.45) is 5.73 Å². The Kier molecular flexibility index (Phi) is 4.49. The summed E-state index contributed by atoms with van der Waals surface area (Å²) in [7, 11) is 0. The van der Waals surface area contributed by atoms with Gasteiger partial charge in [-0.1, -0.05) is 0 Å². The van der Waals surface area contributed by atoms with Gasteiger partial charge in [-0.15, -0.1) is 0 Å². The second-order valence-electron chi connectivity index (χ2n) is 6.34. The number of amides is 2. The summed E-state index contributed by atoms with van der Waals surface area (Å²) < 4.78 is 38.7. The Morgan fingerprint density at radius 3 is 2.96 bits per heavy atom. The molecule has 2 amide bonds. The number of hydrogen-bond donors (Lipinski definition) is 2. The molecule has 3 N–H and O–H groups in total. The lowest BCUT2D eigenvalue weighted by Gasteiger charge is -2.17. The van der Waals surface area contributed by atoms with Crippen LogP contribution in [0.25, 0.3) is 11.4 Å². The van der Waals surface area contributed by atoms with Gasteiger partial charge in [0.05, 0.1) is 18.7 Å². The number of alkyl halides is 2. The van der Waals surface area contributed by atoms with Crippen LogP contribution in [-0.2, 0) is 16.1 Å². The zero-order valence-corrected chi connectivity index (χ0v) is 14.6. The van der Waals surface area contributed by atoms with Crippen molar-refractivity contribution in [1.82, 2.24) is 9.55 Å². The number of fused-ring (bicyclic) bond motifs is 3. The van der Waals surface area contributed by atoms with Crippen LogP contribution in [0.15, 0.2) is 24.4 Å². The number of ether oxygens (including phenoxy) is 2. The number of nitrogens with zero attached hydrogens (tertiary/aromatic N) is 3. The van der Waals surface area contributed by atoms with E-state index >= 15 is 0 Å². The number of halogens is 2. The van der Waals surface area contributed by atoms with Crippen molar-refractivity contribution < 1.29 is 27.8 Å². The van der Waals surface area contributed by atoms with Crippen molar-refractivity contribution in [2.75, 3.05) is 30.0 Å². The molecule has 1 saturated heterocycles. The number of imidazole rings is 1. The molecule has 1 aromatic carbocycles. The van der Waals surface area contributed by atoms with Gasteiger partial charge in [0.2, 0.25) is 5.91 Å². The van der Waals surface area contributed by atoms with Crippen LogP contribution in [0.3, 0.4) is 0 Å². The maximum Gasteiger partial charge on any atom is 0.416 e. The molecular weight excluding hydrogens is 376 g/mol. The fourth-order valence-corrected chi connectivity index (χ4v) is 3.17. The lowest BCUT2D eigenvalue weighted by atomic mass is 10.1. The minimum Gasteiger partial charge on any atom is -0.491 e. The number of nitrogens with one attached hydrogen (secondary N) is 1. The molecule has 0 spiro atoms. The molecular formula is C17H17F2N5O4. The highest BCUT2D eigenvalue weighted by Crippen LogP contribution is 2.36. The normalized spacial score (nSPS) is 18.2. The van der Waals surface area contributed by atoms with E-state index in [1.165, 1.54) is 6.20 Å². The van der Waals surface area contributed by atoms with Crippen molar-refractivity contribution in [3.63, 3.8) is 0 Å². The molecule has 2 aromatic rings. The van der Waals surface area contributed by atoms with E-state index in [1.807, 2.05) is 0 Å². The lowest BCUT2D eigenvalue weighted by molar-refractivity contribution is -0.116. The summed E-state index contributed by atoms with van der Waals surface area (Å²) in [5.41, 5.74) is 6.40. The molecule has 0 aliphatic carbocycles. The lowest BCUT2D eigenvalue weighted by Crippen LogP contribution is -2.38. The second-order valence-corrected chi connectivity index (χ2v) is 6.34. The molecule has 1 fully saturated rings. The number of hydrogen-bond acceptors (Lipinski definition) is 6. The molecule has 11 heteroatoms. The zero-order chi connectivity index (χ0) is 19.8. The Labute approximate surface area is 158 Å². The average molecular weight is 393 g/mol. The summed E-state index contributed by atoms with van der Waals surface area (Å²) in [5, 5.41) is 2.88. The van der Waals surface area contributed by atoms with Crippen molar-refractivity contribution in [2.45, 2.75) is 19.0 Å². The Balaban J connectivity index is 1.68. The first-order valence-electron chi connectivity index (χ1n) is 8.55. The van der Waals surface area contributed by atoms with E-state index in [0.29, 0.717) is 36.0 Å². The van der Waals surface area contributed by atoms with Crippen LogP contribution in [-0.4, -0.2) is 53.8 Å². The van der Waals surface area contributed by atoms with Gasteiger partial charge in [0.15, 0.2) is 5.82 Å². The molecule has 148 valence electrons. The number of cyclic esters (lactones) is 1. The second kappa shape index (κ2) is 6.98. The van der Waals surface area contributed by atoms with E-state index in [2.05, 4.69) is 10.3 Å². The van der Waals surface area contributed by atoms with Gasteiger partial charge in [-0.25, -0.2) is 23.5 Å². The van der Waals surface area contributed by atoms with Gasteiger partial charge in [0.1, 0.15) is 30.8 Å². The first-order valence-corrected chi connectivity index (χ1v) is 8.55. The van der Waals surface area contributed by atoms with E-state index in [4.69, 9.17) is 15.2 Å². The largest absolute Gasteiger partial charge is 0.491 e. The van der Waals surface area contributed by atoms with E-state index < -0.39 is 24.5 Å². The predicted octanol–water partition coefficient (Wildman–Crippen LogP) is 1.43. The molecule has 3 heterocycles. The van der Waals surface area contributed by atoms with Crippen molar-refractivity contribution in [3.05, 3.63) is 24.4 Å². The monoisotopic (exact) mass is 393 g/mol. The Bertz CT molecular complexity index is 932. The standard InChI is InChI=1S/C17H17F2N5O4/c18-15(19)11-8-28-17(26)24(11)14-7-23-3-4-27-12-5-9(21-6-13(20)25)1-2-10(12)16(23)22-14/h1-2,5,7,11,15,21H,3-4,6,8H2,(H2,20,25). The molecule has 4 rings (SSSR count). The number of carbonyl (C=O) groups is 2. The van der Waals surface area contributed by atoms with Gasteiger partial charge >= 0.3 is 6.09 Å². The fraction of sp³-hybridized carbons (Fsp3) is 0.353. The van der Waals surface area contributed by atoms with Crippen molar-refractivity contribution in [1.29, 1.82) is 0 Å². The van der Waals surface area contributed by atoms with Crippen molar-refractivity contribution in [3.8, 4) is 17.1 Å². The fourth-order valence-electron chi connectivity index (χ4n) is 3.17. The molecule has 0 bridgehead atoms. The highest BCUT2D eigenvalue weighted by molar-refractivity contribution is 5.89. The SMILES string of the molecule is NC(=O)CNc1ccc2c(c1)OCCn1cc(N3C(=O)OCC3C(F)F)nc1-2. The molecule has 2 aliphatic heterocycles. The van der Waals surface area contributed by atoms with E-state index in [-0.39, 0.29) is 19.0 Å². The maximum absolute atomic E-state index is 13.2. The number of anilines is 2. The summed E-state index contributed by atoms with van der Waals surface area (Å²) in [6.45, 7) is 0.331. The summed E-state index contributed by atoms with van der Waals surface area (Å²) in [6, 6.07) is 3.79. The molecule has 1 unspecified atom stereocenters. The van der Waals surface area contributed by atoms with Gasteiger partial charge in [-0.3, -0.25) is 4.79 Å². The highest BCUT2D eigenvalue weighted by atomic mass is 19.3. The van der Waals surface area contributed by atoms with Crippen LogP contribution in [0.2, 0.25) is 0 Å². The van der Waals surface area contributed by atoms with E-state index in [0.717, 1.165) is 4.90 Å². The third kappa shape index (κ3) is 3.19. The van der Waals surface area contributed by atoms with Crippen LogP contribution in [0, 0.1) is 0 Å². The minimum atomic E-state index is -2.75. The molecule has 2 aliphatic rings. The van der Waals surface area contributed by atoms with Crippen LogP contribution < -0.4 is 20.7 Å². The average Bonchev–Trinajstić information content (AvgIpc) is 3.19. The molecule has 0 radical (unpaired) electrons. The summed E-state index contributed by atoms with van der Waals surface area (Å²) in [6.07, 6.45) is -2.06. The summed E-state index contributed by atoms with van der Waals surface area (Å²) in [4.78, 5) is 28.2. The molecule has 9 nitrogen and oxygen atoms in total. The third-order valence-corrected chi connectivity index (χ3v) is 4.49. The molecule has 0 saturated carbocycles. The molecule has 28 heavy (non-hydrogen) atoms. The van der Waals surface area contributed by atoms with Gasteiger partial charge in [0.25, 0.3) is 6.43 Å². The maximum atomic E-state index is 13.2. The smallest absolute Gasteiger partial charge is 0.416 e. The number of carbonyl (C=O) groups excluding carboxylic acids is 2. The summed E-state index contributed by atoms with van der Waals surface area (Å²) >= 11 is 0. The van der Waals surface area contributed by atoms with Crippen LogP contribution in [0.5, 0.6) is 5.75 Å². The van der Waals surface area contributed by atoms with Crippen LogP contribution in [0.1, 0.15) is 0 Å². The van der Waals surface area contributed by atoms with E-state index in [9.17, 15) is 18.4 Å². The first-order chi connectivity index (χ1) is 13.4. The third-order valence-electron chi connectivity index (χ3n) is 4.49. The van der Waals surface area contributed by atoms with Gasteiger partial charge in [0, 0.05) is 18.0 Å². The molecule has 1 atom stereocenters. The minimum absolute atomic E-state index is 0.0242. The summed E-state index contributed by atoms with van der Waals surface area (Å²) in [5.74, 6) is 0.602. The number of aromatic nitrogens is 2. The van der Waals surface area contributed by atoms with Crippen LogP contribution in [0.4, 0.5) is 25.1 Å². The van der Waals surface area contributed by atoms with Gasteiger partial charge in [-0.05, 0) is 12.1 Å². The predicted molar refractivity (Wildman–Crippen MR) is 94.5 cm³/mol. The van der Waals surface area contributed by atoms with E-state index in [1.54, 1.807) is 22.8 Å². The van der Waals surface area contributed by atoms with Gasteiger partial charge < -0.3 is 25.1 Å². The number of rotatable bonds is 5. The number of benzene rings is 1. The number of primary amides is 1. The zero-order valence-electron chi connectivity index (χ0n) is 14.6. The Hall–Kier alpha value is -3.37. The van der Waals surface area contributed by atoms with Crippen LogP contribution >= 0.6 is 0 Å². The van der Waals surface area contributed by atoms with Crippen molar-refractivity contribution >= 4 is 23.5 Å². The highest BCUT2D eigenvalue weighted by Gasteiger charge is 2.42. The quantitative estimate of drug-likeness (QED) is 0.795. The topological polar surface area (TPSA) is 112 Å². The first kappa shape index (κ1) is 18.0. The van der Waals surface area contributed by atoms with Gasteiger partial charge in [-0.2, -0.15) is 0 Å².